The predicted molar refractivity (Wildman–Crippen MR) is 124 cm³/mol. The second-order valence-electron chi connectivity index (χ2n) is 9.07. The maximum atomic E-state index is 12.5. The molecule has 2 fully saturated rings. The van der Waals surface area contributed by atoms with Crippen LogP contribution >= 0.6 is 11.8 Å². The van der Waals surface area contributed by atoms with Crippen molar-refractivity contribution in [2.24, 2.45) is 11.8 Å². The van der Waals surface area contributed by atoms with Crippen molar-refractivity contribution in [3.05, 3.63) is 33.9 Å². The number of phenolic OH excluding ortho intramolecular Hbond substituents is 2. The quantitative estimate of drug-likeness (QED) is 0.224. The first kappa shape index (κ1) is 24.8. The largest absolute Gasteiger partial charge is 0.504 e. The molecule has 2 amide bonds. The molecule has 2 saturated heterocycles. The van der Waals surface area contributed by atoms with Crippen molar-refractivity contribution in [1.29, 1.82) is 5.26 Å². The van der Waals surface area contributed by atoms with Gasteiger partial charge in [0.1, 0.15) is 11.8 Å². The van der Waals surface area contributed by atoms with E-state index in [1.54, 1.807) is 13.0 Å². The summed E-state index contributed by atoms with van der Waals surface area (Å²) in [5, 5.41) is 54.2. The molecule has 0 saturated carbocycles. The summed E-state index contributed by atoms with van der Waals surface area (Å²) in [4.78, 5) is 38.8. The molecule has 3 aliphatic heterocycles. The van der Waals surface area contributed by atoms with E-state index in [2.05, 4.69) is 10.6 Å². The second-order valence-corrected chi connectivity index (χ2v) is 10.4. The number of nitriles is 1. The molecule has 4 rings (SSSR count). The molecular formula is C23H26N4O7S. The summed E-state index contributed by atoms with van der Waals surface area (Å²) < 4.78 is 0. The molecule has 1 aromatic rings. The van der Waals surface area contributed by atoms with Gasteiger partial charge in [-0.05, 0) is 25.5 Å². The van der Waals surface area contributed by atoms with Gasteiger partial charge in [-0.15, -0.1) is 11.8 Å². The Morgan fingerprint density at radius 1 is 1.37 bits per heavy atom. The Hall–Kier alpha value is -3.27. The number of aliphatic hydroxyl groups is 1. The van der Waals surface area contributed by atoms with Crippen LogP contribution in [0.1, 0.15) is 36.2 Å². The third-order valence-electron chi connectivity index (χ3n) is 6.77. The first-order valence-electron chi connectivity index (χ1n) is 11.2. The van der Waals surface area contributed by atoms with Gasteiger partial charge in [0.15, 0.2) is 11.5 Å². The SMILES string of the molecule is C[C@@H](O)[C@H]1C(=O)N2C(C(=O)O)=C(S[C@@H]3CN[C@H](CNC(=O)c4cc(O)c(O)c(C#N)c4)C3)[C@H](C)[C@H]12. The summed E-state index contributed by atoms with van der Waals surface area (Å²) in [6, 6.07) is 3.54. The fraction of sp³-hybridized carbons (Fsp3) is 0.478. The third-order valence-corrected chi connectivity index (χ3v) is 8.28. The minimum atomic E-state index is -1.16. The highest BCUT2D eigenvalue weighted by Gasteiger charge is 2.60. The smallest absolute Gasteiger partial charge is 0.353 e. The number of aromatic hydroxyl groups is 2. The number of carboxylic acid groups (broad SMARTS) is 1. The minimum absolute atomic E-state index is 0.00779. The Bertz CT molecular complexity index is 1160. The standard InChI is InChI=1S/C23H26N4O7S/c1-9-17-16(10(2)28)22(32)27(17)18(23(33)34)20(9)35-14-5-13(25-8-14)7-26-21(31)11-3-12(6-24)19(30)15(29)4-11/h3-4,9-10,13-14,16-17,25,28-30H,5,7-8H2,1-2H3,(H,26,31)(H,33,34)/t9-,10-,13+,14+,16-,17-/m1/s1. The maximum Gasteiger partial charge on any atom is 0.353 e. The zero-order valence-electron chi connectivity index (χ0n) is 19.1. The van der Waals surface area contributed by atoms with E-state index in [0.29, 0.717) is 17.9 Å². The molecule has 0 aliphatic carbocycles. The van der Waals surface area contributed by atoms with Gasteiger partial charge in [0.05, 0.1) is 23.6 Å². The van der Waals surface area contributed by atoms with Gasteiger partial charge in [-0.3, -0.25) is 9.59 Å². The van der Waals surface area contributed by atoms with Crippen LogP contribution in [0, 0.1) is 23.2 Å². The zero-order valence-corrected chi connectivity index (χ0v) is 19.9. The highest BCUT2D eigenvalue weighted by atomic mass is 32.2. The number of benzene rings is 1. The molecule has 35 heavy (non-hydrogen) atoms. The first-order chi connectivity index (χ1) is 16.5. The Labute approximate surface area is 205 Å². The number of hydrogen-bond acceptors (Lipinski definition) is 9. The lowest BCUT2D eigenvalue weighted by molar-refractivity contribution is -0.163. The van der Waals surface area contributed by atoms with Crippen LogP contribution in [0.25, 0.3) is 0 Å². The lowest BCUT2D eigenvalue weighted by atomic mass is 9.79. The lowest BCUT2D eigenvalue weighted by Gasteiger charge is -2.46. The molecule has 0 unspecified atom stereocenters. The Kier molecular flexibility index (Phi) is 6.68. The molecule has 0 aromatic heterocycles. The number of carboxylic acids is 1. The Morgan fingerprint density at radius 3 is 2.71 bits per heavy atom. The molecule has 12 heteroatoms. The van der Waals surface area contributed by atoms with E-state index in [9.17, 15) is 34.8 Å². The van der Waals surface area contributed by atoms with E-state index in [4.69, 9.17) is 5.26 Å². The molecule has 6 atom stereocenters. The van der Waals surface area contributed by atoms with Crippen LogP contribution in [0.15, 0.2) is 22.7 Å². The van der Waals surface area contributed by atoms with E-state index in [1.165, 1.54) is 22.7 Å². The third kappa shape index (κ3) is 4.31. The fourth-order valence-electron chi connectivity index (χ4n) is 5.04. The number of amides is 2. The van der Waals surface area contributed by atoms with Crippen molar-refractivity contribution in [2.75, 3.05) is 13.1 Å². The van der Waals surface area contributed by atoms with E-state index in [0.717, 1.165) is 6.07 Å². The molecule has 0 radical (unpaired) electrons. The first-order valence-corrected chi connectivity index (χ1v) is 12.1. The number of phenols is 2. The minimum Gasteiger partial charge on any atom is -0.504 e. The highest BCUT2D eigenvalue weighted by Crippen LogP contribution is 2.51. The maximum absolute atomic E-state index is 12.5. The highest BCUT2D eigenvalue weighted by molar-refractivity contribution is 8.03. The number of hydrogen-bond donors (Lipinski definition) is 6. The van der Waals surface area contributed by atoms with Crippen molar-refractivity contribution in [3.63, 3.8) is 0 Å². The van der Waals surface area contributed by atoms with Crippen molar-refractivity contribution in [1.82, 2.24) is 15.5 Å². The van der Waals surface area contributed by atoms with Crippen LogP contribution in [0.4, 0.5) is 0 Å². The number of nitrogens with one attached hydrogen (secondary N) is 2. The fourth-order valence-corrected chi connectivity index (χ4v) is 6.56. The molecule has 3 aliphatic rings. The molecule has 186 valence electrons. The van der Waals surface area contributed by atoms with Gasteiger partial charge in [-0.2, -0.15) is 5.26 Å². The van der Waals surface area contributed by atoms with Gasteiger partial charge in [0.2, 0.25) is 5.91 Å². The topological polar surface area (TPSA) is 183 Å². The summed E-state index contributed by atoms with van der Waals surface area (Å²) in [7, 11) is 0. The summed E-state index contributed by atoms with van der Waals surface area (Å²) in [6.45, 7) is 4.25. The van der Waals surface area contributed by atoms with Crippen LogP contribution in [-0.2, 0) is 9.59 Å². The van der Waals surface area contributed by atoms with Crippen molar-refractivity contribution >= 4 is 29.5 Å². The van der Waals surface area contributed by atoms with Gasteiger partial charge < -0.3 is 36.0 Å². The number of β-lactam (4-membered cyclic amide) rings is 1. The number of thioether (sulfide) groups is 1. The molecule has 3 heterocycles. The van der Waals surface area contributed by atoms with E-state index in [-0.39, 0.29) is 52.5 Å². The molecule has 0 spiro atoms. The van der Waals surface area contributed by atoms with Gasteiger partial charge in [-0.25, -0.2) is 4.79 Å². The van der Waals surface area contributed by atoms with Crippen molar-refractivity contribution < 1.29 is 34.8 Å². The van der Waals surface area contributed by atoms with Crippen LogP contribution in [0.3, 0.4) is 0 Å². The number of rotatable bonds is 7. The number of aliphatic carboxylic acids is 1. The Morgan fingerprint density at radius 2 is 2.09 bits per heavy atom. The van der Waals surface area contributed by atoms with Crippen molar-refractivity contribution in [3.8, 4) is 17.6 Å². The van der Waals surface area contributed by atoms with Crippen LogP contribution < -0.4 is 10.6 Å². The van der Waals surface area contributed by atoms with Crippen LogP contribution in [-0.4, -0.2) is 79.6 Å². The Balaban J connectivity index is 1.38. The molecule has 0 bridgehead atoms. The lowest BCUT2D eigenvalue weighted by Crippen LogP contribution is -2.63. The summed E-state index contributed by atoms with van der Waals surface area (Å²) in [5.74, 6) is -4.00. The van der Waals surface area contributed by atoms with Crippen LogP contribution in [0.5, 0.6) is 11.5 Å². The summed E-state index contributed by atoms with van der Waals surface area (Å²) >= 11 is 1.42. The van der Waals surface area contributed by atoms with Crippen molar-refractivity contribution in [2.45, 2.75) is 43.7 Å². The monoisotopic (exact) mass is 502 g/mol. The number of aliphatic hydroxyl groups excluding tert-OH is 1. The average molecular weight is 503 g/mol. The van der Waals surface area contributed by atoms with Gasteiger partial charge in [0, 0.05) is 40.8 Å². The molecule has 6 N–H and O–H groups in total. The molecule has 11 nitrogen and oxygen atoms in total. The van der Waals surface area contributed by atoms with E-state index < -0.39 is 35.4 Å². The molecule has 1 aromatic carbocycles. The molecular weight excluding hydrogens is 476 g/mol. The van der Waals surface area contributed by atoms with Gasteiger partial charge in [-0.1, -0.05) is 6.92 Å². The van der Waals surface area contributed by atoms with E-state index in [1.807, 2.05) is 6.92 Å². The number of carbonyl (C=O) groups is 3. The average Bonchev–Trinajstić information content (AvgIpc) is 3.34. The summed E-state index contributed by atoms with van der Waals surface area (Å²) in [6.07, 6.45) is -0.219. The van der Waals surface area contributed by atoms with Crippen LogP contribution in [0.2, 0.25) is 0 Å². The predicted octanol–water partition coefficient (Wildman–Crippen LogP) is 0.317. The van der Waals surface area contributed by atoms with E-state index >= 15 is 0 Å². The van der Waals surface area contributed by atoms with Gasteiger partial charge >= 0.3 is 5.97 Å². The van der Waals surface area contributed by atoms with Gasteiger partial charge in [0.25, 0.3) is 5.91 Å². The summed E-state index contributed by atoms with van der Waals surface area (Å²) in [5.41, 5.74) is -0.176. The number of carbonyl (C=O) groups excluding carboxylic acids is 2. The normalized spacial score (nSPS) is 28.3. The number of fused-ring (bicyclic) bond motifs is 1. The second kappa shape index (κ2) is 9.41. The zero-order chi connectivity index (χ0) is 25.6. The number of nitrogens with zero attached hydrogens (tertiary/aromatic N) is 2.